The number of aromatic nitrogens is 2. The standard InChI is InChI=1S/C14H21ClN2O3/c1-2-7-17-12(11(15)10-16-17)13(18)3-5-14(6-4-13)19-8-9-20-14/h10,18H,2-9H2,1H3. The summed E-state index contributed by atoms with van der Waals surface area (Å²) in [5.41, 5.74) is -0.183. The Morgan fingerprint density at radius 2 is 1.95 bits per heavy atom. The fourth-order valence-electron chi connectivity index (χ4n) is 3.27. The monoisotopic (exact) mass is 300 g/mol. The number of nitrogens with zero attached hydrogens (tertiary/aromatic N) is 2. The van der Waals surface area contributed by atoms with Crippen LogP contribution in [0.5, 0.6) is 0 Å². The van der Waals surface area contributed by atoms with Gasteiger partial charge in [-0.05, 0) is 19.3 Å². The number of hydrogen-bond donors (Lipinski definition) is 1. The molecule has 1 saturated heterocycles. The molecule has 0 unspecified atom stereocenters. The molecule has 1 saturated carbocycles. The zero-order valence-electron chi connectivity index (χ0n) is 11.8. The van der Waals surface area contributed by atoms with E-state index in [4.69, 9.17) is 21.1 Å². The van der Waals surface area contributed by atoms with Crippen LogP contribution in [0.25, 0.3) is 0 Å². The molecule has 0 aromatic carbocycles. The summed E-state index contributed by atoms with van der Waals surface area (Å²) in [5, 5.41) is 15.8. The topological polar surface area (TPSA) is 56.5 Å². The Balaban J connectivity index is 1.81. The molecule has 1 aliphatic heterocycles. The summed E-state index contributed by atoms with van der Waals surface area (Å²) >= 11 is 6.25. The van der Waals surface area contributed by atoms with Gasteiger partial charge in [0.2, 0.25) is 0 Å². The zero-order valence-corrected chi connectivity index (χ0v) is 12.5. The number of hydrogen-bond acceptors (Lipinski definition) is 4. The van der Waals surface area contributed by atoms with Crippen molar-refractivity contribution in [2.45, 2.75) is 57.0 Å². The van der Waals surface area contributed by atoms with Crippen molar-refractivity contribution in [3.8, 4) is 0 Å². The van der Waals surface area contributed by atoms with Crippen molar-refractivity contribution in [1.29, 1.82) is 0 Å². The van der Waals surface area contributed by atoms with Gasteiger partial charge in [0.1, 0.15) is 5.60 Å². The summed E-state index contributed by atoms with van der Waals surface area (Å²) in [5.74, 6) is -0.478. The fraction of sp³-hybridized carbons (Fsp3) is 0.786. The van der Waals surface area contributed by atoms with Crippen molar-refractivity contribution in [1.82, 2.24) is 9.78 Å². The third kappa shape index (κ3) is 2.37. The Morgan fingerprint density at radius 3 is 2.55 bits per heavy atom. The molecule has 1 spiro atoms. The average molecular weight is 301 g/mol. The minimum atomic E-state index is -0.927. The maximum atomic E-state index is 11.0. The van der Waals surface area contributed by atoms with Gasteiger partial charge in [-0.3, -0.25) is 4.68 Å². The Bertz CT molecular complexity index is 473. The summed E-state index contributed by atoms with van der Waals surface area (Å²) in [7, 11) is 0. The van der Waals surface area contributed by atoms with E-state index in [-0.39, 0.29) is 0 Å². The molecule has 3 rings (SSSR count). The van der Waals surface area contributed by atoms with Gasteiger partial charge in [0, 0.05) is 19.4 Å². The van der Waals surface area contributed by atoms with Crippen LogP contribution in [0.15, 0.2) is 6.20 Å². The first-order valence-corrected chi connectivity index (χ1v) is 7.68. The minimum Gasteiger partial charge on any atom is -0.384 e. The van der Waals surface area contributed by atoms with Crippen molar-refractivity contribution in [3.05, 3.63) is 16.9 Å². The van der Waals surface area contributed by atoms with Crippen LogP contribution in [-0.2, 0) is 21.6 Å². The lowest BCUT2D eigenvalue weighted by molar-refractivity contribution is -0.205. The van der Waals surface area contributed by atoms with Crippen molar-refractivity contribution in [2.75, 3.05) is 13.2 Å². The smallest absolute Gasteiger partial charge is 0.168 e. The summed E-state index contributed by atoms with van der Waals surface area (Å²) < 4.78 is 13.3. The van der Waals surface area contributed by atoms with Gasteiger partial charge >= 0.3 is 0 Å². The van der Waals surface area contributed by atoms with E-state index < -0.39 is 11.4 Å². The van der Waals surface area contributed by atoms with Gasteiger partial charge in [0.05, 0.1) is 30.1 Å². The van der Waals surface area contributed by atoms with E-state index in [1.807, 2.05) is 4.68 Å². The number of aryl methyl sites for hydroxylation is 1. The second-order valence-electron chi connectivity index (χ2n) is 5.70. The SMILES string of the molecule is CCCn1ncc(Cl)c1C1(O)CCC2(CC1)OCCO2. The lowest BCUT2D eigenvalue weighted by atomic mass is 9.79. The van der Waals surface area contributed by atoms with Crippen LogP contribution in [0.4, 0.5) is 0 Å². The molecule has 0 amide bonds. The van der Waals surface area contributed by atoms with Crippen molar-refractivity contribution in [3.63, 3.8) is 0 Å². The maximum absolute atomic E-state index is 11.0. The van der Waals surface area contributed by atoms with Crippen LogP contribution in [0.3, 0.4) is 0 Å². The number of ether oxygens (including phenoxy) is 2. The van der Waals surface area contributed by atoms with Crippen molar-refractivity contribution >= 4 is 11.6 Å². The molecule has 0 atom stereocenters. The van der Waals surface area contributed by atoms with E-state index in [0.29, 0.717) is 43.9 Å². The van der Waals surface area contributed by atoms with Crippen LogP contribution < -0.4 is 0 Å². The van der Waals surface area contributed by atoms with Crippen LogP contribution in [-0.4, -0.2) is 33.9 Å². The highest BCUT2D eigenvalue weighted by Gasteiger charge is 2.48. The molecule has 5 nitrogen and oxygen atoms in total. The molecule has 1 aliphatic carbocycles. The molecule has 0 bridgehead atoms. The van der Waals surface area contributed by atoms with E-state index in [1.54, 1.807) is 6.20 Å². The molecule has 2 fully saturated rings. The molecule has 112 valence electrons. The molecule has 6 heteroatoms. The van der Waals surface area contributed by atoms with Crippen LogP contribution in [0, 0.1) is 0 Å². The molecule has 1 aromatic heterocycles. The van der Waals surface area contributed by atoms with Gasteiger partial charge in [-0.2, -0.15) is 5.10 Å². The lowest BCUT2D eigenvalue weighted by Crippen LogP contribution is -2.43. The van der Waals surface area contributed by atoms with E-state index in [1.165, 1.54) is 0 Å². The first-order valence-electron chi connectivity index (χ1n) is 7.31. The van der Waals surface area contributed by atoms with E-state index >= 15 is 0 Å². The summed E-state index contributed by atoms with van der Waals surface area (Å²) in [6, 6.07) is 0. The highest BCUT2D eigenvalue weighted by Crippen LogP contribution is 2.46. The summed E-state index contributed by atoms with van der Waals surface area (Å²) in [6.07, 6.45) is 5.13. The maximum Gasteiger partial charge on any atom is 0.168 e. The fourth-order valence-corrected chi connectivity index (χ4v) is 3.59. The molecular formula is C14H21ClN2O3. The van der Waals surface area contributed by atoms with Crippen molar-refractivity contribution in [2.24, 2.45) is 0 Å². The normalized spacial score (nSPS) is 24.4. The van der Waals surface area contributed by atoms with E-state index in [2.05, 4.69) is 12.0 Å². The predicted octanol–water partition coefficient (Wildman–Crippen LogP) is 2.45. The molecule has 1 aromatic rings. The second kappa shape index (κ2) is 5.30. The Kier molecular flexibility index (Phi) is 3.79. The summed E-state index contributed by atoms with van der Waals surface area (Å²) in [6.45, 7) is 4.14. The Morgan fingerprint density at radius 1 is 1.30 bits per heavy atom. The van der Waals surface area contributed by atoms with Gasteiger partial charge in [-0.1, -0.05) is 18.5 Å². The number of rotatable bonds is 3. The van der Waals surface area contributed by atoms with Gasteiger partial charge in [-0.15, -0.1) is 0 Å². The highest BCUT2D eigenvalue weighted by molar-refractivity contribution is 6.31. The minimum absolute atomic E-state index is 0.478. The number of halogens is 1. The third-order valence-electron chi connectivity index (χ3n) is 4.32. The summed E-state index contributed by atoms with van der Waals surface area (Å²) in [4.78, 5) is 0. The van der Waals surface area contributed by atoms with Gasteiger partial charge < -0.3 is 14.6 Å². The zero-order chi connectivity index (χ0) is 14.2. The van der Waals surface area contributed by atoms with Gasteiger partial charge in [-0.25, -0.2) is 0 Å². The van der Waals surface area contributed by atoms with Gasteiger partial charge in [0.15, 0.2) is 5.79 Å². The average Bonchev–Trinajstić information content (AvgIpc) is 3.03. The molecule has 2 aliphatic rings. The van der Waals surface area contributed by atoms with E-state index in [0.717, 1.165) is 18.7 Å². The van der Waals surface area contributed by atoms with Crippen LogP contribution in [0.1, 0.15) is 44.7 Å². The van der Waals surface area contributed by atoms with Crippen LogP contribution in [0.2, 0.25) is 5.02 Å². The molecule has 20 heavy (non-hydrogen) atoms. The quantitative estimate of drug-likeness (QED) is 0.931. The second-order valence-corrected chi connectivity index (χ2v) is 6.11. The molecule has 2 heterocycles. The third-order valence-corrected chi connectivity index (χ3v) is 4.60. The van der Waals surface area contributed by atoms with E-state index in [9.17, 15) is 5.11 Å². The van der Waals surface area contributed by atoms with Gasteiger partial charge in [0.25, 0.3) is 0 Å². The number of aliphatic hydroxyl groups is 1. The largest absolute Gasteiger partial charge is 0.384 e. The Labute approximate surface area is 123 Å². The highest BCUT2D eigenvalue weighted by atomic mass is 35.5. The first kappa shape index (κ1) is 14.3. The Hall–Kier alpha value is -0.620. The van der Waals surface area contributed by atoms with Crippen molar-refractivity contribution < 1.29 is 14.6 Å². The first-order chi connectivity index (χ1) is 9.59. The van der Waals surface area contributed by atoms with Crippen LogP contribution >= 0.6 is 11.6 Å². The predicted molar refractivity (Wildman–Crippen MR) is 74.5 cm³/mol. The molecule has 1 N–H and O–H groups in total. The lowest BCUT2D eigenvalue weighted by Gasteiger charge is -2.40. The molecular weight excluding hydrogens is 280 g/mol. The molecule has 0 radical (unpaired) electrons.